The Balaban J connectivity index is 1.76. The van der Waals surface area contributed by atoms with Crippen LogP contribution in [0, 0.1) is 6.92 Å². The van der Waals surface area contributed by atoms with Gasteiger partial charge in [-0.3, -0.25) is 14.5 Å². The molecule has 0 aliphatic carbocycles. The quantitative estimate of drug-likeness (QED) is 0.394. The van der Waals surface area contributed by atoms with Gasteiger partial charge in [0.05, 0.1) is 24.1 Å². The fourth-order valence-electron chi connectivity index (χ4n) is 3.50. The van der Waals surface area contributed by atoms with Crippen LogP contribution in [0.2, 0.25) is 0 Å². The van der Waals surface area contributed by atoms with Crippen LogP contribution in [0.4, 0.5) is 0 Å². The van der Waals surface area contributed by atoms with Crippen LogP contribution in [0.15, 0.2) is 59.6 Å². The predicted octanol–water partition coefficient (Wildman–Crippen LogP) is 4.53. The fraction of sp³-hybridized carbons (Fsp3) is 0.167. The largest absolute Gasteiger partial charge is 0.496 e. The van der Waals surface area contributed by atoms with Crippen LogP contribution < -0.4 is 4.74 Å². The molecule has 33 heavy (non-hydrogen) atoms. The summed E-state index contributed by atoms with van der Waals surface area (Å²) in [6.45, 7) is 2.01. The van der Waals surface area contributed by atoms with Gasteiger partial charge in [-0.15, -0.1) is 0 Å². The number of benzene rings is 2. The summed E-state index contributed by atoms with van der Waals surface area (Å²) in [5.41, 5.74) is 4.20. The number of thiocarbonyl (C=S) groups is 1. The summed E-state index contributed by atoms with van der Waals surface area (Å²) in [7, 11) is 1.63. The number of aromatic nitrogens is 2. The van der Waals surface area contributed by atoms with Crippen molar-refractivity contribution >= 4 is 46.3 Å². The number of rotatable bonds is 7. The molecule has 0 spiro atoms. The van der Waals surface area contributed by atoms with Crippen molar-refractivity contribution in [3.05, 3.63) is 70.8 Å². The number of methoxy groups -OCH3 is 1. The van der Waals surface area contributed by atoms with Gasteiger partial charge >= 0.3 is 5.97 Å². The highest BCUT2D eigenvalue weighted by atomic mass is 32.2. The molecule has 9 heteroatoms. The van der Waals surface area contributed by atoms with E-state index in [0.717, 1.165) is 28.1 Å². The number of aryl methyl sites for hydroxylation is 1. The number of hydrogen-bond donors (Lipinski definition) is 1. The summed E-state index contributed by atoms with van der Waals surface area (Å²) in [4.78, 5) is 25.6. The van der Waals surface area contributed by atoms with Crippen LogP contribution in [0.3, 0.4) is 0 Å². The molecule has 2 aromatic carbocycles. The molecule has 1 fully saturated rings. The smallest absolute Gasteiger partial charge is 0.305 e. The standard InChI is InChI=1S/C24H21N3O4S2/c1-15-12-16(8-9-19(15)31-2)22-17(14-27(25-22)18-6-4-3-5-7-18)13-20-23(30)26(24(32)33-20)11-10-21(28)29/h3-9,12-14H,10-11H2,1-2H3,(H,28,29)/b20-13-. The minimum Gasteiger partial charge on any atom is -0.496 e. The van der Waals surface area contributed by atoms with E-state index in [4.69, 9.17) is 27.2 Å². The van der Waals surface area contributed by atoms with E-state index in [1.807, 2.05) is 61.7 Å². The van der Waals surface area contributed by atoms with E-state index in [0.29, 0.717) is 14.9 Å². The predicted molar refractivity (Wildman–Crippen MR) is 132 cm³/mol. The van der Waals surface area contributed by atoms with E-state index in [9.17, 15) is 9.59 Å². The molecule has 1 aliphatic heterocycles. The lowest BCUT2D eigenvalue weighted by Gasteiger charge is -2.12. The van der Waals surface area contributed by atoms with E-state index >= 15 is 0 Å². The Bertz CT molecular complexity index is 1270. The van der Waals surface area contributed by atoms with Crippen LogP contribution in [-0.2, 0) is 9.59 Å². The van der Waals surface area contributed by atoms with E-state index in [1.54, 1.807) is 17.9 Å². The number of ether oxygens (including phenoxy) is 1. The van der Waals surface area contributed by atoms with Gasteiger partial charge in [-0.2, -0.15) is 5.10 Å². The Morgan fingerprint density at radius 1 is 1.24 bits per heavy atom. The van der Waals surface area contributed by atoms with Crippen LogP contribution in [-0.4, -0.2) is 49.6 Å². The number of carboxylic acids is 1. The molecule has 2 heterocycles. The SMILES string of the molecule is COc1ccc(-c2nn(-c3ccccc3)cc2/C=C2\SC(=S)N(CCC(=O)O)C2=O)cc1C. The van der Waals surface area contributed by atoms with Gasteiger partial charge in [0.15, 0.2) is 0 Å². The van der Waals surface area contributed by atoms with E-state index < -0.39 is 5.97 Å². The molecule has 168 valence electrons. The van der Waals surface area contributed by atoms with Crippen molar-refractivity contribution in [2.24, 2.45) is 0 Å². The lowest BCUT2D eigenvalue weighted by molar-refractivity contribution is -0.137. The number of carboxylic acid groups (broad SMARTS) is 1. The number of carbonyl (C=O) groups is 2. The van der Waals surface area contributed by atoms with E-state index in [2.05, 4.69) is 0 Å². The van der Waals surface area contributed by atoms with Crippen molar-refractivity contribution in [1.82, 2.24) is 14.7 Å². The van der Waals surface area contributed by atoms with Gasteiger partial charge in [0.1, 0.15) is 15.8 Å². The van der Waals surface area contributed by atoms with Gasteiger partial charge in [-0.25, -0.2) is 4.68 Å². The molecule has 1 aromatic heterocycles. The number of amides is 1. The van der Waals surface area contributed by atoms with Crippen molar-refractivity contribution in [2.45, 2.75) is 13.3 Å². The Labute approximate surface area is 200 Å². The first-order valence-electron chi connectivity index (χ1n) is 10.1. The average molecular weight is 480 g/mol. The molecule has 1 saturated heterocycles. The first-order valence-corrected chi connectivity index (χ1v) is 11.4. The highest BCUT2D eigenvalue weighted by Gasteiger charge is 2.32. The molecule has 0 bridgehead atoms. The molecule has 1 aliphatic rings. The van der Waals surface area contributed by atoms with Crippen LogP contribution in [0.1, 0.15) is 17.5 Å². The van der Waals surface area contributed by atoms with Crippen molar-refractivity contribution in [1.29, 1.82) is 0 Å². The Morgan fingerprint density at radius 3 is 2.67 bits per heavy atom. The summed E-state index contributed by atoms with van der Waals surface area (Å²) >= 11 is 6.48. The second-order valence-corrected chi connectivity index (χ2v) is 9.05. The van der Waals surface area contributed by atoms with Gasteiger partial charge in [-0.1, -0.05) is 42.2 Å². The third-order valence-electron chi connectivity index (χ3n) is 5.14. The second-order valence-electron chi connectivity index (χ2n) is 7.37. The van der Waals surface area contributed by atoms with Crippen LogP contribution in [0.25, 0.3) is 23.0 Å². The van der Waals surface area contributed by atoms with Crippen molar-refractivity contribution in [3.63, 3.8) is 0 Å². The first-order chi connectivity index (χ1) is 15.9. The zero-order chi connectivity index (χ0) is 23.5. The van der Waals surface area contributed by atoms with Gasteiger partial charge in [-0.05, 0) is 48.9 Å². The molecule has 4 rings (SSSR count). The highest BCUT2D eigenvalue weighted by Crippen LogP contribution is 2.35. The van der Waals surface area contributed by atoms with Gasteiger partial charge in [0.2, 0.25) is 0 Å². The lowest BCUT2D eigenvalue weighted by Crippen LogP contribution is -2.30. The van der Waals surface area contributed by atoms with E-state index in [-0.39, 0.29) is 18.9 Å². The molecule has 3 aromatic rings. The first kappa shape index (κ1) is 22.8. The molecular weight excluding hydrogens is 458 g/mol. The summed E-state index contributed by atoms with van der Waals surface area (Å²) in [6, 6.07) is 15.5. The molecule has 1 N–H and O–H groups in total. The Kier molecular flexibility index (Phi) is 6.62. The van der Waals surface area contributed by atoms with Crippen molar-refractivity contribution in [2.75, 3.05) is 13.7 Å². The highest BCUT2D eigenvalue weighted by molar-refractivity contribution is 8.26. The molecule has 1 amide bonds. The third kappa shape index (κ3) is 4.84. The molecule has 0 unspecified atom stereocenters. The third-order valence-corrected chi connectivity index (χ3v) is 6.52. The number of nitrogens with zero attached hydrogens (tertiary/aromatic N) is 3. The monoisotopic (exact) mass is 479 g/mol. The Morgan fingerprint density at radius 2 is 2.00 bits per heavy atom. The van der Waals surface area contributed by atoms with Crippen molar-refractivity contribution < 1.29 is 19.4 Å². The molecule has 0 saturated carbocycles. The lowest BCUT2D eigenvalue weighted by atomic mass is 10.0. The summed E-state index contributed by atoms with van der Waals surface area (Å²) in [5, 5.41) is 13.8. The summed E-state index contributed by atoms with van der Waals surface area (Å²) < 4.78 is 7.50. The average Bonchev–Trinajstić information content (AvgIpc) is 3.33. The van der Waals surface area contributed by atoms with Gasteiger partial charge in [0.25, 0.3) is 5.91 Å². The molecule has 0 radical (unpaired) electrons. The van der Waals surface area contributed by atoms with Crippen LogP contribution >= 0.6 is 24.0 Å². The number of thioether (sulfide) groups is 1. The fourth-order valence-corrected chi connectivity index (χ4v) is 4.80. The maximum Gasteiger partial charge on any atom is 0.305 e. The second kappa shape index (κ2) is 9.60. The van der Waals surface area contributed by atoms with Gasteiger partial charge < -0.3 is 9.84 Å². The zero-order valence-electron chi connectivity index (χ0n) is 18.0. The number of carbonyl (C=O) groups excluding carboxylic acids is 1. The van der Waals surface area contributed by atoms with Crippen molar-refractivity contribution in [3.8, 4) is 22.7 Å². The molecule has 7 nitrogen and oxygen atoms in total. The summed E-state index contributed by atoms with van der Waals surface area (Å²) in [5.74, 6) is -0.494. The maximum absolute atomic E-state index is 12.9. The van der Waals surface area contributed by atoms with Gasteiger partial charge in [0, 0.05) is 23.9 Å². The maximum atomic E-state index is 12.9. The van der Waals surface area contributed by atoms with Crippen LogP contribution in [0.5, 0.6) is 5.75 Å². The number of aliphatic carboxylic acids is 1. The minimum atomic E-state index is -0.977. The summed E-state index contributed by atoms with van der Waals surface area (Å²) in [6.07, 6.45) is 3.47. The minimum absolute atomic E-state index is 0.0468. The number of hydrogen-bond acceptors (Lipinski definition) is 6. The topological polar surface area (TPSA) is 84.7 Å². The Hall–Kier alpha value is -3.43. The zero-order valence-corrected chi connectivity index (χ0v) is 19.7. The number of para-hydroxylation sites is 1. The van der Waals surface area contributed by atoms with E-state index in [1.165, 1.54) is 16.7 Å². The molecular formula is C24H21N3O4S2. The molecule has 0 atom stereocenters. The normalized spacial score (nSPS) is 14.8.